The van der Waals surface area contributed by atoms with E-state index in [1.54, 1.807) is 0 Å². The van der Waals surface area contributed by atoms with Gasteiger partial charge in [0.25, 0.3) is 0 Å². The Morgan fingerprint density at radius 3 is 2.17 bits per heavy atom. The summed E-state index contributed by atoms with van der Waals surface area (Å²) in [5, 5.41) is 0. The van der Waals surface area contributed by atoms with E-state index in [4.69, 9.17) is 5.73 Å². The molecule has 2 N–H and O–H groups in total. The minimum atomic E-state index is -0.235. The highest BCUT2D eigenvalue weighted by Crippen LogP contribution is 2.31. The SMILES string of the molecule is Cc1cc(C)c(-c2ccc(F)cc2CN)c(C)c1. The van der Waals surface area contributed by atoms with Gasteiger partial charge in [0.15, 0.2) is 0 Å². The van der Waals surface area contributed by atoms with E-state index < -0.39 is 0 Å². The second-order valence-electron chi connectivity index (χ2n) is 4.78. The van der Waals surface area contributed by atoms with Gasteiger partial charge in [-0.15, -0.1) is 0 Å². The molecule has 2 aromatic carbocycles. The van der Waals surface area contributed by atoms with E-state index in [-0.39, 0.29) is 5.82 Å². The smallest absolute Gasteiger partial charge is 0.123 e. The van der Waals surface area contributed by atoms with Crippen LogP contribution in [0.15, 0.2) is 30.3 Å². The number of aryl methyl sites for hydroxylation is 3. The Kier molecular flexibility index (Phi) is 3.48. The van der Waals surface area contributed by atoms with Crippen molar-refractivity contribution in [2.45, 2.75) is 27.3 Å². The van der Waals surface area contributed by atoms with E-state index in [1.807, 2.05) is 6.07 Å². The molecule has 18 heavy (non-hydrogen) atoms. The van der Waals surface area contributed by atoms with Gasteiger partial charge >= 0.3 is 0 Å². The lowest BCUT2D eigenvalue weighted by molar-refractivity contribution is 0.625. The summed E-state index contributed by atoms with van der Waals surface area (Å²) in [7, 11) is 0. The highest BCUT2D eigenvalue weighted by Gasteiger charge is 2.11. The molecule has 0 saturated heterocycles. The Bertz CT molecular complexity index is 565. The van der Waals surface area contributed by atoms with Crippen LogP contribution in [0.3, 0.4) is 0 Å². The standard InChI is InChI=1S/C16H18FN/c1-10-6-11(2)16(12(3)7-10)15-5-4-14(17)8-13(15)9-18/h4-8H,9,18H2,1-3H3. The van der Waals surface area contributed by atoms with Crippen LogP contribution in [0.1, 0.15) is 22.3 Å². The fraction of sp³-hybridized carbons (Fsp3) is 0.250. The van der Waals surface area contributed by atoms with Crippen LogP contribution in [-0.2, 0) is 6.54 Å². The second-order valence-corrected chi connectivity index (χ2v) is 4.78. The van der Waals surface area contributed by atoms with Crippen molar-refractivity contribution in [3.8, 4) is 11.1 Å². The number of rotatable bonds is 2. The highest BCUT2D eigenvalue weighted by molar-refractivity contribution is 5.74. The monoisotopic (exact) mass is 243 g/mol. The summed E-state index contributed by atoms with van der Waals surface area (Å²) in [6.07, 6.45) is 0. The van der Waals surface area contributed by atoms with Crippen LogP contribution in [0.5, 0.6) is 0 Å². The molecule has 0 amide bonds. The molecule has 1 nitrogen and oxygen atoms in total. The topological polar surface area (TPSA) is 26.0 Å². The molecule has 0 aromatic heterocycles. The maximum absolute atomic E-state index is 13.3. The molecule has 0 aliphatic heterocycles. The molecule has 0 aliphatic rings. The molecule has 2 aromatic rings. The van der Waals surface area contributed by atoms with Gasteiger partial charge in [-0.05, 0) is 60.7 Å². The Labute approximate surface area is 107 Å². The molecule has 0 radical (unpaired) electrons. The summed E-state index contributed by atoms with van der Waals surface area (Å²) in [5.41, 5.74) is 12.4. The third-order valence-electron chi connectivity index (χ3n) is 3.23. The summed E-state index contributed by atoms with van der Waals surface area (Å²) in [4.78, 5) is 0. The predicted molar refractivity (Wildman–Crippen MR) is 73.9 cm³/mol. The van der Waals surface area contributed by atoms with Gasteiger partial charge in [-0.2, -0.15) is 0 Å². The van der Waals surface area contributed by atoms with E-state index in [1.165, 1.54) is 34.4 Å². The van der Waals surface area contributed by atoms with E-state index in [0.29, 0.717) is 6.54 Å². The Hall–Kier alpha value is -1.67. The minimum absolute atomic E-state index is 0.235. The van der Waals surface area contributed by atoms with Crippen molar-refractivity contribution in [2.75, 3.05) is 0 Å². The molecule has 0 aliphatic carbocycles. The lowest BCUT2D eigenvalue weighted by Crippen LogP contribution is -2.01. The first-order chi connectivity index (χ1) is 8.52. The van der Waals surface area contributed by atoms with Crippen molar-refractivity contribution in [3.63, 3.8) is 0 Å². The van der Waals surface area contributed by atoms with E-state index in [2.05, 4.69) is 32.9 Å². The highest BCUT2D eigenvalue weighted by atomic mass is 19.1. The van der Waals surface area contributed by atoms with Gasteiger partial charge in [0, 0.05) is 6.54 Å². The van der Waals surface area contributed by atoms with Gasteiger partial charge in [0.1, 0.15) is 5.82 Å². The summed E-state index contributed by atoms with van der Waals surface area (Å²) in [5.74, 6) is -0.235. The Morgan fingerprint density at radius 2 is 1.61 bits per heavy atom. The van der Waals surface area contributed by atoms with Crippen molar-refractivity contribution >= 4 is 0 Å². The average Bonchev–Trinajstić information content (AvgIpc) is 2.29. The fourth-order valence-electron chi connectivity index (χ4n) is 2.58. The van der Waals surface area contributed by atoms with E-state index >= 15 is 0 Å². The Balaban J connectivity index is 2.69. The first kappa shape index (κ1) is 12.8. The molecule has 0 unspecified atom stereocenters. The summed E-state index contributed by atoms with van der Waals surface area (Å²) >= 11 is 0. The van der Waals surface area contributed by atoms with Gasteiger partial charge in [0.05, 0.1) is 0 Å². The molecule has 2 heteroatoms. The van der Waals surface area contributed by atoms with Crippen LogP contribution in [-0.4, -0.2) is 0 Å². The molecule has 0 heterocycles. The van der Waals surface area contributed by atoms with Crippen molar-refractivity contribution in [3.05, 3.63) is 58.4 Å². The minimum Gasteiger partial charge on any atom is -0.326 e. The largest absolute Gasteiger partial charge is 0.326 e. The molecule has 0 spiro atoms. The number of hydrogen-bond donors (Lipinski definition) is 1. The first-order valence-electron chi connectivity index (χ1n) is 6.09. The van der Waals surface area contributed by atoms with Gasteiger partial charge in [-0.3, -0.25) is 0 Å². The maximum atomic E-state index is 13.3. The first-order valence-corrected chi connectivity index (χ1v) is 6.09. The van der Waals surface area contributed by atoms with Crippen LogP contribution in [0.4, 0.5) is 4.39 Å². The molecule has 2 rings (SSSR count). The van der Waals surface area contributed by atoms with Crippen molar-refractivity contribution in [1.29, 1.82) is 0 Å². The molecular weight excluding hydrogens is 225 g/mol. The van der Waals surface area contributed by atoms with Gasteiger partial charge in [-0.1, -0.05) is 23.8 Å². The van der Waals surface area contributed by atoms with E-state index in [9.17, 15) is 4.39 Å². The van der Waals surface area contributed by atoms with E-state index in [0.717, 1.165) is 11.1 Å². The third-order valence-corrected chi connectivity index (χ3v) is 3.23. The average molecular weight is 243 g/mol. The summed E-state index contributed by atoms with van der Waals surface area (Å²) < 4.78 is 13.3. The normalized spacial score (nSPS) is 10.7. The number of hydrogen-bond acceptors (Lipinski definition) is 1. The molecule has 0 atom stereocenters. The van der Waals surface area contributed by atoms with Crippen LogP contribution in [0.25, 0.3) is 11.1 Å². The molecule has 0 fully saturated rings. The van der Waals surface area contributed by atoms with Crippen LogP contribution in [0.2, 0.25) is 0 Å². The fourth-order valence-corrected chi connectivity index (χ4v) is 2.58. The predicted octanol–water partition coefficient (Wildman–Crippen LogP) is 3.88. The van der Waals surface area contributed by atoms with Crippen molar-refractivity contribution in [2.24, 2.45) is 5.73 Å². The molecule has 0 saturated carbocycles. The van der Waals surface area contributed by atoms with Crippen LogP contribution in [0, 0.1) is 26.6 Å². The zero-order valence-corrected chi connectivity index (χ0v) is 11.0. The van der Waals surface area contributed by atoms with Gasteiger partial charge in [-0.25, -0.2) is 4.39 Å². The van der Waals surface area contributed by atoms with Crippen LogP contribution >= 0.6 is 0 Å². The molecule has 94 valence electrons. The van der Waals surface area contributed by atoms with Gasteiger partial charge < -0.3 is 5.73 Å². The second kappa shape index (κ2) is 4.91. The van der Waals surface area contributed by atoms with Crippen molar-refractivity contribution < 1.29 is 4.39 Å². The quantitative estimate of drug-likeness (QED) is 0.851. The van der Waals surface area contributed by atoms with Gasteiger partial charge in [0.2, 0.25) is 0 Å². The number of halogens is 1. The third kappa shape index (κ3) is 2.29. The Morgan fingerprint density at radius 1 is 1.00 bits per heavy atom. The summed E-state index contributed by atoms with van der Waals surface area (Å²) in [6, 6.07) is 9.13. The van der Waals surface area contributed by atoms with Crippen molar-refractivity contribution in [1.82, 2.24) is 0 Å². The molecular formula is C16H18FN. The van der Waals surface area contributed by atoms with Crippen LogP contribution < -0.4 is 5.73 Å². The summed E-state index contributed by atoms with van der Waals surface area (Å²) in [6.45, 7) is 6.59. The molecule has 0 bridgehead atoms. The zero-order valence-electron chi connectivity index (χ0n) is 11.0. The maximum Gasteiger partial charge on any atom is 0.123 e. The lowest BCUT2D eigenvalue weighted by atomic mass is 9.91. The number of nitrogens with two attached hydrogens (primary N) is 1. The number of benzene rings is 2. The zero-order chi connectivity index (χ0) is 13.3. The lowest BCUT2D eigenvalue weighted by Gasteiger charge is -2.15.